The zero-order valence-electron chi connectivity index (χ0n) is 8.79. The van der Waals surface area contributed by atoms with E-state index in [2.05, 4.69) is 10.6 Å². The van der Waals surface area contributed by atoms with Gasteiger partial charge < -0.3 is 15.7 Å². The average Bonchev–Trinajstić information content (AvgIpc) is 2.18. The second-order valence-electron chi connectivity index (χ2n) is 3.89. The quantitative estimate of drug-likeness (QED) is 0.600. The van der Waals surface area contributed by atoms with E-state index in [-0.39, 0.29) is 18.9 Å². The predicted molar refractivity (Wildman–Crippen MR) is 55.5 cm³/mol. The van der Waals surface area contributed by atoms with E-state index in [1.54, 1.807) is 0 Å². The number of aliphatic carboxylic acids is 1. The van der Waals surface area contributed by atoms with E-state index < -0.39 is 5.97 Å². The third-order valence-corrected chi connectivity index (χ3v) is 2.59. The Kier molecular flexibility index (Phi) is 5.10. The fraction of sp³-hybridized carbons (Fsp3) is 0.800. The Bertz CT molecular complexity index is 225. The Morgan fingerprint density at radius 1 is 1.33 bits per heavy atom. The van der Waals surface area contributed by atoms with Gasteiger partial charge in [-0.05, 0) is 31.8 Å². The van der Waals surface area contributed by atoms with E-state index in [1.165, 1.54) is 0 Å². The monoisotopic (exact) mass is 214 g/mol. The fourth-order valence-corrected chi connectivity index (χ4v) is 1.73. The lowest BCUT2D eigenvalue weighted by atomic mass is 9.94. The summed E-state index contributed by atoms with van der Waals surface area (Å²) in [4.78, 5) is 21.6. The number of carbonyl (C=O) groups is 2. The van der Waals surface area contributed by atoms with Gasteiger partial charge in [-0.2, -0.15) is 0 Å². The van der Waals surface area contributed by atoms with Crippen LogP contribution in [0.25, 0.3) is 0 Å². The Morgan fingerprint density at radius 3 is 2.60 bits per heavy atom. The van der Waals surface area contributed by atoms with Crippen molar-refractivity contribution in [1.82, 2.24) is 10.6 Å². The van der Waals surface area contributed by atoms with Crippen molar-refractivity contribution in [2.45, 2.75) is 25.7 Å². The van der Waals surface area contributed by atoms with Crippen LogP contribution in [0, 0.1) is 5.92 Å². The molecular formula is C10H18N2O3. The molecule has 0 aromatic heterocycles. The number of amides is 1. The fourth-order valence-electron chi connectivity index (χ4n) is 1.73. The second-order valence-corrected chi connectivity index (χ2v) is 3.89. The van der Waals surface area contributed by atoms with Gasteiger partial charge in [0.25, 0.3) is 0 Å². The second kappa shape index (κ2) is 6.40. The summed E-state index contributed by atoms with van der Waals surface area (Å²) in [5.41, 5.74) is 0. The molecular weight excluding hydrogens is 196 g/mol. The average molecular weight is 214 g/mol. The van der Waals surface area contributed by atoms with Crippen molar-refractivity contribution in [2.24, 2.45) is 5.92 Å². The number of carbonyl (C=O) groups excluding carboxylic acids is 1. The van der Waals surface area contributed by atoms with Crippen LogP contribution in [0.2, 0.25) is 0 Å². The summed E-state index contributed by atoms with van der Waals surface area (Å²) in [7, 11) is 0. The summed E-state index contributed by atoms with van der Waals surface area (Å²) < 4.78 is 0. The van der Waals surface area contributed by atoms with Crippen LogP contribution in [0.4, 0.5) is 0 Å². The van der Waals surface area contributed by atoms with Gasteiger partial charge in [0.1, 0.15) is 0 Å². The van der Waals surface area contributed by atoms with Crippen molar-refractivity contribution in [2.75, 3.05) is 19.6 Å². The Hall–Kier alpha value is -1.10. The molecule has 5 heteroatoms. The number of nitrogens with one attached hydrogen (secondary N) is 2. The van der Waals surface area contributed by atoms with Gasteiger partial charge in [-0.3, -0.25) is 9.59 Å². The molecule has 1 rings (SSSR count). The maximum absolute atomic E-state index is 11.4. The molecule has 0 aliphatic carbocycles. The van der Waals surface area contributed by atoms with Gasteiger partial charge in [0, 0.05) is 13.0 Å². The van der Waals surface area contributed by atoms with Crippen molar-refractivity contribution in [3.05, 3.63) is 0 Å². The molecule has 0 aromatic carbocycles. The van der Waals surface area contributed by atoms with Crippen LogP contribution in [-0.4, -0.2) is 36.6 Å². The number of carboxylic acid groups (broad SMARTS) is 1. The van der Waals surface area contributed by atoms with Gasteiger partial charge in [-0.25, -0.2) is 0 Å². The summed E-state index contributed by atoms with van der Waals surface area (Å²) in [6.07, 6.45) is 2.60. The van der Waals surface area contributed by atoms with Crippen LogP contribution in [0.3, 0.4) is 0 Å². The Balaban J connectivity index is 2.09. The molecule has 0 atom stereocenters. The molecule has 1 fully saturated rings. The van der Waals surface area contributed by atoms with Crippen molar-refractivity contribution in [3.63, 3.8) is 0 Å². The standard InChI is InChI=1S/C10H18N2O3/c13-9(12-6-3-10(14)15)7-8-1-4-11-5-2-8/h8,11H,1-7H2,(H,12,13)(H,14,15). The minimum absolute atomic E-state index is 0.00202. The topological polar surface area (TPSA) is 78.4 Å². The molecule has 0 aromatic rings. The van der Waals surface area contributed by atoms with Crippen molar-refractivity contribution in [3.8, 4) is 0 Å². The zero-order chi connectivity index (χ0) is 11.1. The highest BCUT2D eigenvalue weighted by atomic mass is 16.4. The predicted octanol–water partition coefficient (Wildman–Crippen LogP) is -0.0330. The molecule has 1 heterocycles. The molecule has 5 nitrogen and oxygen atoms in total. The lowest BCUT2D eigenvalue weighted by molar-refractivity contribution is -0.136. The summed E-state index contributed by atoms with van der Waals surface area (Å²) in [6.45, 7) is 2.19. The van der Waals surface area contributed by atoms with E-state index in [1.807, 2.05) is 0 Å². The van der Waals surface area contributed by atoms with Gasteiger partial charge >= 0.3 is 5.97 Å². The molecule has 0 bridgehead atoms. The molecule has 0 radical (unpaired) electrons. The molecule has 0 spiro atoms. The first kappa shape index (κ1) is 12.0. The molecule has 3 N–H and O–H groups in total. The highest BCUT2D eigenvalue weighted by molar-refractivity contribution is 5.77. The third-order valence-electron chi connectivity index (χ3n) is 2.59. The summed E-state index contributed by atoms with van der Waals surface area (Å²) >= 11 is 0. The van der Waals surface area contributed by atoms with Crippen molar-refractivity contribution >= 4 is 11.9 Å². The van der Waals surface area contributed by atoms with Crippen LogP contribution >= 0.6 is 0 Å². The normalized spacial score (nSPS) is 17.3. The van der Waals surface area contributed by atoms with Gasteiger partial charge in [-0.1, -0.05) is 0 Å². The van der Waals surface area contributed by atoms with Gasteiger partial charge in [0.15, 0.2) is 0 Å². The zero-order valence-corrected chi connectivity index (χ0v) is 8.79. The van der Waals surface area contributed by atoms with E-state index in [0.717, 1.165) is 25.9 Å². The molecule has 1 amide bonds. The molecule has 1 aliphatic heterocycles. The molecule has 1 aliphatic rings. The third kappa shape index (κ3) is 5.37. The molecule has 15 heavy (non-hydrogen) atoms. The van der Waals surface area contributed by atoms with Crippen LogP contribution < -0.4 is 10.6 Å². The number of hydrogen-bond donors (Lipinski definition) is 3. The maximum atomic E-state index is 11.4. The first-order valence-electron chi connectivity index (χ1n) is 5.37. The molecule has 1 saturated heterocycles. The van der Waals surface area contributed by atoms with Crippen molar-refractivity contribution < 1.29 is 14.7 Å². The van der Waals surface area contributed by atoms with Crippen LogP contribution in [-0.2, 0) is 9.59 Å². The SMILES string of the molecule is O=C(O)CCNC(=O)CC1CCNCC1. The largest absolute Gasteiger partial charge is 0.481 e. The number of hydrogen-bond acceptors (Lipinski definition) is 3. The van der Waals surface area contributed by atoms with Crippen LogP contribution in [0.15, 0.2) is 0 Å². The number of rotatable bonds is 5. The first-order chi connectivity index (χ1) is 7.18. The maximum Gasteiger partial charge on any atom is 0.305 e. The number of piperidine rings is 1. The van der Waals surface area contributed by atoms with Gasteiger partial charge in [0.05, 0.1) is 6.42 Å². The molecule has 86 valence electrons. The highest BCUT2D eigenvalue weighted by Gasteiger charge is 2.16. The lowest BCUT2D eigenvalue weighted by Gasteiger charge is -2.21. The summed E-state index contributed by atoms with van der Waals surface area (Å²) in [5, 5.41) is 14.2. The van der Waals surface area contributed by atoms with E-state index >= 15 is 0 Å². The van der Waals surface area contributed by atoms with Crippen LogP contribution in [0.5, 0.6) is 0 Å². The Morgan fingerprint density at radius 2 is 2.00 bits per heavy atom. The number of carboxylic acids is 1. The van der Waals surface area contributed by atoms with Crippen molar-refractivity contribution in [1.29, 1.82) is 0 Å². The molecule has 0 unspecified atom stereocenters. The highest BCUT2D eigenvalue weighted by Crippen LogP contribution is 2.15. The summed E-state index contributed by atoms with van der Waals surface area (Å²) in [5.74, 6) is -0.448. The van der Waals surface area contributed by atoms with E-state index in [4.69, 9.17) is 5.11 Å². The van der Waals surface area contributed by atoms with Crippen LogP contribution in [0.1, 0.15) is 25.7 Å². The first-order valence-corrected chi connectivity index (χ1v) is 5.37. The lowest BCUT2D eigenvalue weighted by Crippen LogP contribution is -2.33. The van der Waals surface area contributed by atoms with E-state index in [0.29, 0.717) is 12.3 Å². The van der Waals surface area contributed by atoms with Gasteiger partial charge in [-0.15, -0.1) is 0 Å². The smallest absolute Gasteiger partial charge is 0.305 e. The van der Waals surface area contributed by atoms with E-state index in [9.17, 15) is 9.59 Å². The minimum atomic E-state index is -0.878. The Labute approximate surface area is 89.2 Å². The minimum Gasteiger partial charge on any atom is -0.481 e. The molecule has 0 saturated carbocycles. The van der Waals surface area contributed by atoms with Gasteiger partial charge in [0.2, 0.25) is 5.91 Å². The summed E-state index contributed by atoms with van der Waals surface area (Å²) in [6, 6.07) is 0.